The third-order valence-corrected chi connectivity index (χ3v) is 2.30. The molecule has 5 nitrogen and oxygen atoms in total. The molecule has 0 spiro atoms. The number of esters is 2. The summed E-state index contributed by atoms with van der Waals surface area (Å²) in [6, 6.07) is 0. The summed E-state index contributed by atoms with van der Waals surface area (Å²) >= 11 is 0. The molecule has 0 aliphatic rings. The van der Waals surface area contributed by atoms with Crippen molar-refractivity contribution in [3.8, 4) is 0 Å². The van der Waals surface area contributed by atoms with Gasteiger partial charge in [0, 0.05) is 13.5 Å². The molecule has 0 saturated carbocycles. The van der Waals surface area contributed by atoms with Gasteiger partial charge in [-0.15, -0.1) is 0 Å². The number of hydrogen-bond acceptors (Lipinski definition) is 5. The minimum absolute atomic E-state index is 0.156. The molecule has 0 fully saturated rings. The normalized spacial score (nSPS) is 14.9. The maximum atomic E-state index is 11.9. The van der Waals surface area contributed by atoms with Crippen molar-refractivity contribution in [3.05, 3.63) is 0 Å². The van der Waals surface area contributed by atoms with Gasteiger partial charge in [0.25, 0.3) is 0 Å². The van der Waals surface area contributed by atoms with Gasteiger partial charge in [0.05, 0.1) is 12.0 Å². The molecule has 0 radical (unpaired) electrons. The SMILES string of the molecule is CC(=O)OCCC(C)(CN)C(=O)OC(C)(C)C. The van der Waals surface area contributed by atoms with E-state index in [9.17, 15) is 9.59 Å². The van der Waals surface area contributed by atoms with E-state index in [1.807, 2.05) is 0 Å². The summed E-state index contributed by atoms with van der Waals surface area (Å²) in [5.41, 5.74) is 4.24. The molecular formula is C12H23NO4. The maximum Gasteiger partial charge on any atom is 0.313 e. The van der Waals surface area contributed by atoms with Crippen LogP contribution in [-0.4, -0.2) is 30.7 Å². The third kappa shape index (κ3) is 6.26. The molecule has 0 amide bonds. The van der Waals surface area contributed by atoms with Crippen molar-refractivity contribution >= 4 is 11.9 Å². The summed E-state index contributed by atoms with van der Waals surface area (Å²) in [5, 5.41) is 0. The molecule has 0 heterocycles. The Bertz CT molecular complexity index is 283. The highest BCUT2D eigenvalue weighted by molar-refractivity contribution is 5.77. The average molecular weight is 245 g/mol. The highest BCUT2D eigenvalue weighted by atomic mass is 16.6. The van der Waals surface area contributed by atoms with Crippen molar-refractivity contribution in [1.29, 1.82) is 0 Å². The molecule has 0 rings (SSSR count). The fraction of sp³-hybridized carbons (Fsp3) is 0.833. The lowest BCUT2D eigenvalue weighted by molar-refractivity contribution is -0.168. The van der Waals surface area contributed by atoms with E-state index in [0.29, 0.717) is 6.42 Å². The molecule has 1 unspecified atom stereocenters. The lowest BCUT2D eigenvalue weighted by atomic mass is 9.87. The standard InChI is InChI=1S/C12H23NO4/c1-9(14)16-7-6-12(5,8-13)10(15)17-11(2,3)4/h6-8,13H2,1-5H3. The zero-order valence-corrected chi connectivity index (χ0v) is 11.3. The van der Waals surface area contributed by atoms with Gasteiger partial charge in [0.1, 0.15) is 5.60 Å². The smallest absolute Gasteiger partial charge is 0.313 e. The highest BCUT2D eigenvalue weighted by Crippen LogP contribution is 2.24. The second kappa shape index (κ2) is 6.00. The van der Waals surface area contributed by atoms with E-state index in [0.717, 1.165) is 0 Å². The minimum Gasteiger partial charge on any atom is -0.466 e. The molecule has 0 aliphatic carbocycles. The Balaban J connectivity index is 4.44. The van der Waals surface area contributed by atoms with Gasteiger partial charge in [-0.2, -0.15) is 0 Å². The van der Waals surface area contributed by atoms with Crippen molar-refractivity contribution in [3.63, 3.8) is 0 Å². The molecule has 0 aromatic rings. The van der Waals surface area contributed by atoms with Gasteiger partial charge < -0.3 is 15.2 Å². The first-order valence-electron chi connectivity index (χ1n) is 5.67. The van der Waals surface area contributed by atoms with Crippen LogP contribution in [0, 0.1) is 5.41 Å². The second-order valence-electron chi connectivity index (χ2n) is 5.36. The van der Waals surface area contributed by atoms with Crippen LogP contribution in [0.15, 0.2) is 0 Å². The van der Waals surface area contributed by atoms with Gasteiger partial charge in [0.2, 0.25) is 0 Å². The molecule has 1 atom stereocenters. The third-order valence-electron chi connectivity index (χ3n) is 2.30. The molecule has 2 N–H and O–H groups in total. The molecule has 0 bridgehead atoms. The fourth-order valence-electron chi connectivity index (χ4n) is 1.11. The molecular weight excluding hydrogens is 222 g/mol. The zero-order valence-electron chi connectivity index (χ0n) is 11.3. The van der Waals surface area contributed by atoms with Crippen LogP contribution in [0.2, 0.25) is 0 Å². The monoisotopic (exact) mass is 245 g/mol. The topological polar surface area (TPSA) is 78.6 Å². The summed E-state index contributed by atoms with van der Waals surface area (Å²) < 4.78 is 10.1. The van der Waals surface area contributed by atoms with Crippen LogP contribution in [-0.2, 0) is 19.1 Å². The van der Waals surface area contributed by atoms with Gasteiger partial charge in [-0.3, -0.25) is 9.59 Å². The molecule has 17 heavy (non-hydrogen) atoms. The predicted octanol–water partition coefficient (Wildman–Crippen LogP) is 1.25. The Hall–Kier alpha value is -1.10. The summed E-state index contributed by atoms with van der Waals surface area (Å²) in [4.78, 5) is 22.6. The van der Waals surface area contributed by atoms with Crippen molar-refractivity contribution in [2.75, 3.05) is 13.2 Å². The van der Waals surface area contributed by atoms with Crippen LogP contribution in [0.1, 0.15) is 41.0 Å². The Morgan fingerprint density at radius 2 is 1.71 bits per heavy atom. The Morgan fingerprint density at radius 3 is 2.06 bits per heavy atom. The van der Waals surface area contributed by atoms with Crippen molar-refractivity contribution in [2.24, 2.45) is 11.1 Å². The first-order chi connectivity index (χ1) is 7.60. The molecule has 100 valence electrons. The summed E-state index contributed by atoms with van der Waals surface area (Å²) in [5.74, 6) is -0.729. The predicted molar refractivity (Wildman–Crippen MR) is 64.3 cm³/mol. The minimum atomic E-state index is -0.817. The first kappa shape index (κ1) is 15.9. The Kier molecular flexibility index (Phi) is 5.61. The van der Waals surface area contributed by atoms with Crippen molar-refractivity contribution in [2.45, 2.75) is 46.6 Å². The first-order valence-corrected chi connectivity index (χ1v) is 5.67. The zero-order chi connectivity index (χ0) is 13.7. The van der Waals surface area contributed by atoms with E-state index in [2.05, 4.69) is 0 Å². The largest absolute Gasteiger partial charge is 0.466 e. The molecule has 5 heteroatoms. The van der Waals surface area contributed by atoms with Crippen molar-refractivity contribution < 1.29 is 19.1 Å². The Morgan fingerprint density at radius 1 is 1.18 bits per heavy atom. The lowest BCUT2D eigenvalue weighted by Crippen LogP contribution is -2.41. The van der Waals surface area contributed by atoms with E-state index in [4.69, 9.17) is 15.2 Å². The quantitative estimate of drug-likeness (QED) is 0.737. The number of carbonyl (C=O) groups excluding carboxylic acids is 2. The van der Waals surface area contributed by atoms with Gasteiger partial charge in [-0.05, 0) is 34.1 Å². The van der Waals surface area contributed by atoms with E-state index in [1.165, 1.54) is 6.92 Å². The summed E-state index contributed by atoms with van der Waals surface area (Å²) in [7, 11) is 0. The average Bonchev–Trinajstić information content (AvgIpc) is 2.14. The molecule has 0 saturated heterocycles. The van der Waals surface area contributed by atoms with Crippen LogP contribution in [0.25, 0.3) is 0 Å². The van der Waals surface area contributed by atoms with Crippen LogP contribution >= 0.6 is 0 Å². The molecule has 0 aromatic heterocycles. The van der Waals surface area contributed by atoms with Gasteiger partial charge >= 0.3 is 11.9 Å². The van der Waals surface area contributed by atoms with Gasteiger partial charge in [-0.25, -0.2) is 0 Å². The van der Waals surface area contributed by atoms with Crippen LogP contribution in [0.3, 0.4) is 0 Å². The summed E-state index contributed by atoms with van der Waals surface area (Å²) in [6.45, 7) is 8.76. The second-order valence-corrected chi connectivity index (χ2v) is 5.36. The van der Waals surface area contributed by atoms with E-state index < -0.39 is 11.0 Å². The van der Waals surface area contributed by atoms with Gasteiger partial charge in [-0.1, -0.05) is 0 Å². The number of nitrogens with two attached hydrogens (primary N) is 1. The fourth-order valence-corrected chi connectivity index (χ4v) is 1.11. The molecule has 0 aliphatic heterocycles. The van der Waals surface area contributed by atoms with Gasteiger partial charge in [0.15, 0.2) is 0 Å². The summed E-state index contributed by atoms with van der Waals surface area (Å²) in [6.07, 6.45) is 0.359. The van der Waals surface area contributed by atoms with E-state index in [1.54, 1.807) is 27.7 Å². The van der Waals surface area contributed by atoms with Crippen LogP contribution in [0.5, 0.6) is 0 Å². The van der Waals surface area contributed by atoms with Crippen LogP contribution < -0.4 is 5.73 Å². The lowest BCUT2D eigenvalue weighted by Gasteiger charge is -2.30. The van der Waals surface area contributed by atoms with E-state index in [-0.39, 0.29) is 25.1 Å². The van der Waals surface area contributed by atoms with E-state index >= 15 is 0 Å². The van der Waals surface area contributed by atoms with Crippen molar-refractivity contribution in [1.82, 2.24) is 0 Å². The maximum absolute atomic E-state index is 11.9. The number of ether oxygens (including phenoxy) is 2. The Labute approximate surface area is 103 Å². The number of rotatable bonds is 5. The highest BCUT2D eigenvalue weighted by Gasteiger charge is 2.35. The molecule has 0 aromatic carbocycles. The number of carbonyl (C=O) groups is 2. The van der Waals surface area contributed by atoms with Crippen LogP contribution in [0.4, 0.5) is 0 Å². The number of hydrogen-bond donors (Lipinski definition) is 1.